The van der Waals surface area contributed by atoms with Crippen LogP contribution in [0.15, 0.2) is 59.5 Å². The Labute approximate surface area is 173 Å². The number of carbonyl (C=O) groups is 1. The van der Waals surface area contributed by atoms with Crippen molar-refractivity contribution in [1.82, 2.24) is 14.7 Å². The molecule has 0 fully saturated rings. The minimum atomic E-state index is -0.437. The maximum absolute atomic E-state index is 12.6. The van der Waals surface area contributed by atoms with Gasteiger partial charge in [0.05, 0.1) is 22.1 Å². The van der Waals surface area contributed by atoms with Crippen LogP contribution in [-0.2, 0) is 11.3 Å². The van der Waals surface area contributed by atoms with E-state index in [9.17, 15) is 14.9 Å². The van der Waals surface area contributed by atoms with Crippen molar-refractivity contribution >= 4 is 23.4 Å². The number of carbonyl (C=O) groups excluding carboxylic acids is 1. The van der Waals surface area contributed by atoms with Crippen LogP contribution in [0.5, 0.6) is 0 Å². The summed E-state index contributed by atoms with van der Waals surface area (Å²) in [6, 6.07) is 16.1. The van der Waals surface area contributed by atoms with Crippen LogP contribution in [0.2, 0.25) is 0 Å². The van der Waals surface area contributed by atoms with E-state index in [2.05, 4.69) is 5.10 Å². The third kappa shape index (κ3) is 4.83. The Morgan fingerprint density at radius 2 is 1.79 bits per heavy atom. The van der Waals surface area contributed by atoms with Crippen molar-refractivity contribution < 1.29 is 9.72 Å². The second kappa shape index (κ2) is 8.91. The van der Waals surface area contributed by atoms with Crippen LogP contribution in [0.3, 0.4) is 0 Å². The van der Waals surface area contributed by atoms with Crippen LogP contribution in [-0.4, -0.2) is 38.3 Å². The Morgan fingerprint density at radius 1 is 1.14 bits per heavy atom. The molecule has 0 aliphatic carbocycles. The van der Waals surface area contributed by atoms with Crippen molar-refractivity contribution in [3.05, 3.63) is 81.7 Å². The minimum Gasteiger partial charge on any atom is -0.341 e. The van der Waals surface area contributed by atoms with E-state index in [1.54, 1.807) is 24.1 Å². The highest BCUT2D eigenvalue weighted by atomic mass is 32.2. The van der Waals surface area contributed by atoms with E-state index in [0.29, 0.717) is 6.54 Å². The highest BCUT2D eigenvalue weighted by molar-refractivity contribution is 8.00. The van der Waals surface area contributed by atoms with Crippen molar-refractivity contribution in [2.45, 2.75) is 25.3 Å². The number of benzene rings is 2. The van der Waals surface area contributed by atoms with Gasteiger partial charge in [0.25, 0.3) is 5.69 Å². The van der Waals surface area contributed by atoms with E-state index in [0.717, 1.165) is 27.5 Å². The summed E-state index contributed by atoms with van der Waals surface area (Å²) in [5.74, 6) is 0.249. The van der Waals surface area contributed by atoms with Crippen LogP contribution in [0.4, 0.5) is 5.69 Å². The van der Waals surface area contributed by atoms with Gasteiger partial charge in [0.15, 0.2) is 0 Å². The fraction of sp³-hybridized carbons (Fsp3) is 0.238. The van der Waals surface area contributed by atoms with Crippen molar-refractivity contribution in [2.24, 2.45) is 0 Å². The summed E-state index contributed by atoms with van der Waals surface area (Å²) in [5, 5.41) is 15.3. The first kappa shape index (κ1) is 20.6. The average molecular weight is 410 g/mol. The molecule has 29 heavy (non-hydrogen) atoms. The van der Waals surface area contributed by atoms with Gasteiger partial charge >= 0.3 is 0 Å². The number of nitro benzene ring substituents is 1. The van der Waals surface area contributed by atoms with Crippen molar-refractivity contribution in [3.63, 3.8) is 0 Å². The van der Waals surface area contributed by atoms with Gasteiger partial charge in [0.2, 0.25) is 5.91 Å². The largest absolute Gasteiger partial charge is 0.341 e. The zero-order valence-corrected chi connectivity index (χ0v) is 17.3. The molecule has 0 saturated heterocycles. The first-order valence-corrected chi connectivity index (χ1v) is 10.1. The molecule has 0 radical (unpaired) electrons. The second-order valence-corrected chi connectivity index (χ2v) is 7.73. The fourth-order valence-electron chi connectivity index (χ4n) is 2.97. The summed E-state index contributed by atoms with van der Waals surface area (Å²) in [6.07, 6.45) is 0. The van der Waals surface area contributed by atoms with Crippen LogP contribution in [0, 0.1) is 24.0 Å². The van der Waals surface area contributed by atoms with Crippen LogP contribution in [0.25, 0.3) is 5.69 Å². The molecule has 0 aliphatic heterocycles. The lowest BCUT2D eigenvalue weighted by atomic mass is 10.2. The predicted octanol–water partition coefficient (Wildman–Crippen LogP) is 4.15. The van der Waals surface area contributed by atoms with E-state index in [-0.39, 0.29) is 17.3 Å². The van der Waals surface area contributed by atoms with E-state index in [1.807, 2.05) is 48.9 Å². The summed E-state index contributed by atoms with van der Waals surface area (Å²) in [5.41, 5.74) is 3.97. The number of nitro groups is 1. The third-order valence-electron chi connectivity index (χ3n) is 4.67. The standard InChI is InChI=1S/C21H22N4O3S/c1-15-20(16(2)24(22-15)17-7-5-4-6-8-17)13-23(3)21(26)14-29-19-11-9-18(10-12-19)25(27)28/h4-12H,13-14H2,1-3H3. The molecule has 150 valence electrons. The summed E-state index contributed by atoms with van der Waals surface area (Å²) in [6.45, 7) is 4.43. The van der Waals surface area contributed by atoms with Crippen LogP contribution < -0.4 is 0 Å². The number of nitrogens with zero attached hydrogens (tertiary/aromatic N) is 4. The van der Waals surface area contributed by atoms with E-state index >= 15 is 0 Å². The lowest BCUT2D eigenvalue weighted by molar-refractivity contribution is -0.384. The number of hydrogen-bond donors (Lipinski definition) is 0. The zero-order valence-electron chi connectivity index (χ0n) is 16.5. The molecule has 0 spiro atoms. The third-order valence-corrected chi connectivity index (χ3v) is 5.67. The molecule has 1 aromatic heterocycles. The van der Waals surface area contributed by atoms with E-state index in [4.69, 9.17) is 0 Å². The Kier molecular flexibility index (Phi) is 6.33. The Morgan fingerprint density at radius 3 is 2.41 bits per heavy atom. The Balaban J connectivity index is 1.64. The molecule has 0 unspecified atom stereocenters. The molecule has 0 bridgehead atoms. The van der Waals surface area contributed by atoms with Gasteiger partial charge in [-0.3, -0.25) is 14.9 Å². The van der Waals surface area contributed by atoms with Gasteiger partial charge in [-0.15, -0.1) is 11.8 Å². The summed E-state index contributed by atoms with van der Waals surface area (Å²) in [7, 11) is 1.78. The minimum absolute atomic E-state index is 0.0142. The summed E-state index contributed by atoms with van der Waals surface area (Å²) >= 11 is 1.36. The van der Waals surface area contributed by atoms with E-state index in [1.165, 1.54) is 23.9 Å². The van der Waals surface area contributed by atoms with Crippen LogP contribution >= 0.6 is 11.8 Å². The molecular weight excluding hydrogens is 388 g/mol. The van der Waals surface area contributed by atoms with Crippen molar-refractivity contribution in [1.29, 1.82) is 0 Å². The van der Waals surface area contributed by atoms with Crippen molar-refractivity contribution in [2.75, 3.05) is 12.8 Å². The van der Waals surface area contributed by atoms with Gasteiger partial charge in [-0.1, -0.05) is 18.2 Å². The molecule has 0 aliphatic rings. The van der Waals surface area contributed by atoms with Gasteiger partial charge in [0, 0.05) is 41.9 Å². The first-order chi connectivity index (χ1) is 13.9. The molecule has 2 aromatic carbocycles. The summed E-state index contributed by atoms with van der Waals surface area (Å²) in [4.78, 5) is 25.4. The molecule has 3 aromatic rings. The number of non-ortho nitro benzene ring substituents is 1. The Hall–Kier alpha value is -3.13. The van der Waals surface area contributed by atoms with E-state index < -0.39 is 4.92 Å². The normalized spacial score (nSPS) is 10.7. The average Bonchev–Trinajstić information content (AvgIpc) is 3.01. The molecule has 8 heteroatoms. The lowest BCUT2D eigenvalue weighted by Crippen LogP contribution is -2.28. The maximum Gasteiger partial charge on any atom is 0.269 e. The second-order valence-electron chi connectivity index (χ2n) is 6.69. The lowest BCUT2D eigenvalue weighted by Gasteiger charge is -2.17. The molecule has 0 N–H and O–H groups in total. The Bertz CT molecular complexity index is 1020. The highest BCUT2D eigenvalue weighted by Crippen LogP contribution is 2.23. The number of amides is 1. The van der Waals surface area contributed by atoms with Gasteiger partial charge in [-0.05, 0) is 38.1 Å². The molecule has 1 heterocycles. The molecule has 0 saturated carbocycles. The molecule has 3 rings (SSSR count). The van der Waals surface area contributed by atoms with Gasteiger partial charge < -0.3 is 4.90 Å². The molecule has 1 amide bonds. The SMILES string of the molecule is Cc1nn(-c2ccccc2)c(C)c1CN(C)C(=O)CSc1ccc([N+](=O)[O-])cc1. The van der Waals surface area contributed by atoms with Gasteiger partial charge in [0.1, 0.15) is 0 Å². The molecule has 0 atom stereocenters. The number of aromatic nitrogens is 2. The maximum atomic E-state index is 12.6. The number of thioether (sulfide) groups is 1. The smallest absolute Gasteiger partial charge is 0.269 e. The van der Waals surface area contributed by atoms with Gasteiger partial charge in [-0.25, -0.2) is 4.68 Å². The van der Waals surface area contributed by atoms with Gasteiger partial charge in [-0.2, -0.15) is 5.10 Å². The quantitative estimate of drug-likeness (QED) is 0.332. The first-order valence-electron chi connectivity index (χ1n) is 9.08. The summed E-state index contributed by atoms with van der Waals surface area (Å²) < 4.78 is 1.90. The number of rotatable bonds is 7. The monoisotopic (exact) mass is 410 g/mol. The zero-order chi connectivity index (χ0) is 21.0. The topological polar surface area (TPSA) is 81.3 Å². The molecular formula is C21H22N4O3S. The number of hydrogen-bond acceptors (Lipinski definition) is 5. The van der Waals surface area contributed by atoms with Crippen molar-refractivity contribution in [3.8, 4) is 5.69 Å². The highest BCUT2D eigenvalue weighted by Gasteiger charge is 2.17. The number of aryl methyl sites for hydroxylation is 1. The predicted molar refractivity (Wildman–Crippen MR) is 113 cm³/mol. The molecule has 7 nitrogen and oxygen atoms in total. The number of para-hydroxylation sites is 1. The van der Waals surface area contributed by atoms with Crippen LogP contribution in [0.1, 0.15) is 17.0 Å². The fourth-order valence-corrected chi connectivity index (χ4v) is 3.81.